The molecule has 0 atom stereocenters. The first-order valence-corrected chi connectivity index (χ1v) is 4.23. The summed E-state index contributed by atoms with van der Waals surface area (Å²) >= 11 is 1.93. The van der Waals surface area contributed by atoms with Gasteiger partial charge in [0, 0.05) is 0 Å². The summed E-state index contributed by atoms with van der Waals surface area (Å²) in [5, 5.41) is 8.62. The number of hydrogen-bond acceptors (Lipinski definition) is 3. The maximum Gasteiger partial charge on any atom is 0.249 e. The number of carbonyl (C=O) groups excluding carboxylic acids is 1. The molecule has 0 saturated heterocycles. The first-order chi connectivity index (χ1) is 5.66. The molecule has 0 bridgehead atoms. The fourth-order valence-electron chi connectivity index (χ4n) is 0.809. The van der Waals surface area contributed by atoms with Crippen molar-refractivity contribution in [3.05, 3.63) is 27.3 Å². The molecule has 5 heteroatoms. The number of nitrogens with one attached hydrogen (secondary N) is 1. The molecule has 0 spiro atoms. The topological polar surface area (TPSA) is 75.4 Å². The Hall–Kier alpha value is -0.820. The molecule has 0 aromatic heterocycles. The van der Waals surface area contributed by atoms with Crippen LogP contribution in [0.4, 0.5) is 5.69 Å². The molecule has 0 saturated carbocycles. The molecule has 0 unspecified atom stereocenters. The fraction of sp³-hybridized carbons (Fsp3) is 0. The molecule has 0 heterocycles. The molecule has 0 radical (unpaired) electrons. The molecule has 4 N–H and O–H groups in total. The molecule has 12 heavy (non-hydrogen) atoms. The van der Waals surface area contributed by atoms with Gasteiger partial charge in [0.1, 0.15) is 0 Å². The normalized spacial score (nSPS) is 9.50. The van der Waals surface area contributed by atoms with Crippen molar-refractivity contribution in [3.8, 4) is 0 Å². The highest BCUT2D eigenvalue weighted by molar-refractivity contribution is 14.1. The van der Waals surface area contributed by atoms with E-state index >= 15 is 0 Å². The Balaban J connectivity index is 3.23. The Morgan fingerprint density at radius 2 is 2.25 bits per heavy atom. The van der Waals surface area contributed by atoms with E-state index in [2.05, 4.69) is 0 Å². The van der Waals surface area contributed by atoms with Crippen molar-refractivity contribution in [2.75, 3.05) is 5.48 Å². The second-order valence-corrected chi connectivity index (χ2v) is 3.22. The van der Waals surface area contributed by atoms with Gasteiger partial charge in [0.05, 0.1) is 14.8 Å². The summed E-state index contributed by atoms with van der Waals surface area (Å²) in [5.41, 5.74) is 7.94. The quantitative estimate of drug-likeness (QED) is 0.562. The van der Waals surface area contributed by atoms with Crippen molar-refractivity contribution in [1.29, 1.82) is 0 Å². The third kappa shape index (κ3) is 1.67. The van der Waals surface area contributed by atoms with E-state index in [1.54, 1.807) is 18.2 Å². The Morgan fingerprint density at radius 3 is 2.75 bits per heavy atom. The first kappa shape index (κ1) is 9.27. The lowest BCUT2D eigenvalue weighted by Gasteiger charge is -2.04. The number of carbonyl (C=O) groups is 1. The molecule has 64 valence electrons. The van der Waals surface area contributed by atoms with Gasteiger partial charge < -0.3 is 5.73 Å². The number of hydrogen-bond donors (Lipinski definition) is 3. The number of benzene rings is 1. The van der Waals surface area contributed by atoms with Crippen LogP contribution in [0.5, 0.6) is 0 Å². The summed E-state index contributed by atoms with van der Waals surface area (Å²) in [6.07, 6.45) is 0. The number of primary amides is 1. The predicted octanol–water partition coefficient (Wildman–Crippen LogP) is 1.19. The van der Waals surface area contributed by atoms with Crippen LogP contribution in [-0.2, 0) is 0 Å². The van der Waals surface area contributed by atoms with Gasteiger partial charge in [0.2, 0.25) is 5.91 Å². The summed E-state index contributed by atoms with van der Waals surface area (Å²) in [4.78, 5) is 10.8. The van der Waals surface area contributed by atoms with Crippen molar-refractivity contribution in [1.82, 2.24) is 0 Å². The molecule has 1 rings (SSSR count). The SMILES string of the molecule is NC(=O)c1cccc(NO)c1I. The highest BCUT2D eigenvalue weighted by atomic mass is 127. The lowest BCUT2D eigenvalue weighted by molar-refractivity contribution is 0.0999. The highest BCUT2D eigenvalue weighted by Crippen LogP contribution is 2.20. The Bertz CT molecular complexity index is 314. The Morgan fingerprint density at radius 1 is 1.58 bits per heavy atom. The number of nitrogens with two attached hydrogens (primary N) is 1. The second kappa shape index (κ2) is 3.72. The van der Waals surface area contributed by atoms with Gasteiger partial charge >= 0.3 is 0 Å². The zero-order chi connectivity index (χ0) is 9.14. The van der Waals surface area contributed by atoms with E-state index in [9.17, 15) is 4.79 Å². The highest BCUT2D eigenvalue weighted by Gasteiger charge is 2.08. The van der Waals surface area contributed by atoms with E-state index in [0.717, 1.165) is 0 Å². The Kier molecular flexibility index (Phi) is 2.88. The van der Waals surface area contributed by atoms with Crippen LogP contribution >= 0.6 is 22.6 Å². The molecule has 0 aliphatic heterocycles. The molecule has 0 aliphatic rings. The third-order valence-corrected chi connectivity index (χ3v) is 2.55. The zero-order valence-corrected chi connectivity index (χ0v) is 8.20. The summed E-state index contributed by atoms with van der Waals surface area (Å²) in [6, 6.07) is 4.89. The number of amides is 1. The van der Waals surface area contributed by atoms with Crippen LogP contribution in [0.2, 0.25) is 0 Å². The molecule has 4 nitrogen and oxygen atoms in total. The van der Waals surface area contributed by atoms with Gasteiger partial charge in [-0.3, -0.25) is 15.5 Å². The van der Waals surface area contributed by atoms with Crippen molar-refractivity contribution >= 4 is 34.2 Å². The average molecular weight is 278 g/mol. The number of rotatable bonds is 2. The summed E-state index contributed by atoms with van der Waals surface area (Å²) in [5.74, 6) is -0.503. The van der Waals surface area contributed by atoms with Crippen LogP contribution in [0.25, 0.3) is 0 Å². The maximum atomic E-state index is 10.8. The minimum Gasteiger partial charge on any atom is -0.366 e. The molecule has 0 aliphatic carbocycles. The van der Waals surface area contributed by atoms with Crippen molar-refractivity contribution in [3.63, 3.8) is 0 Å². The predicted molar refractivity (Wildman–Crippen MR) is 53.1 cm³/mol. The smallest absolute Gasteiger partial charge is 0.249 e. The molecule has 0 fully saturated rings. The molecular weight excluding hydrogens is 271 g/mol. The second-order valence-electron chi connectivity index (χ2n) is 2.14. The van der Waals surface area contributed by atoms with E-state index < -0.39 is 5.91 Å². The van der Waals surface area contributed by atoms with Crippen molar-refractivity contribution in [2.24, 2.45) is 5.73 Å². The summed E-state index contributed by atoms with van der Waals surface area (Å²) in [6.45, 7) is 0. The van der Waals surface area contributed by atoms with E-state index in [1.807, 2.05) is 28.1 Å². The van der Waals surface area contributed by atoms with Gasteiger partial charge in [-0.25, -0.2) is 0 Å². The minimum atomic E-state index is -0.503. The van der Waals surface area contributed by atoms with Gasteiger partial charge in [0.15, 0.2) is 0 Å². The van der Waals surface area contributed by atoms with Crippen molar-refractivity contribution < 1.29 is 10.0 Å². The first-order valence-electron chi connectivity index (χ1n) is 3.15. The maximum absolute atomic E-state index is 10.8. The zero-order valence-electron chi connectivity index (χ0n) is 6.04. The van der Waals surface area contributed by atoms with Crippen LogP contribution in [0.1, 0.15) is 10.4 Å². The molecule has 1 aromatic carbocycles. The summed E-state index contributed by atoms with van der Waals surface area (Å²) in [7, 11) is 0. The van der Waals surface area contributed by atoms with E-state index in [0.29, 0.717) is 14.8 Å². The van der Waals surface area contributed by atoms with Crippen LogP contribution < -0.4 is 11.2 Å². The van der Waals surface area contributed by atoms with Gasteiger partial charge in [-0.15, -0.1) is 0 Å². The van der Waals surface area contributed by atoms with E-state index in [-0.39, 0.29) is 0 Å². The lowest BCUT2D eigenvalue weighted by Crippen LogP contribution is -2.13. The molecule has 1 aromatic rings. The average Bonchev–Trinajstić information content (AvgIpc) is 2.04. The van der Waals surface area contributed by atoms with Crippen LogP contribution in [0.15, 0.2) is 18.2 Å². The van der Waals surface area contributed by atoms with E-state index in [4.69, 9.17) is 10.9 Å². The minimum absolute atomic E-state index is 0.398. The van der Waals surface area contributed by atoms with Crippen LogP contribution in [0.3, 0.4) is 0 Å². The van der Waals surface area contributed by atoms with Crippen LogP contribution in [-0.4, -0.2) is 11.1 Å². The van der Waals surface area contributed by atoms with Crippen LogP contribution in [0, 0.1) is 3.57 Å². The van der Waals surface area contributed by atoms with Gasteiger partial charge in [0.25, 0.3) is 0 Å². The third-order valence-electron chi connectivity index (χ3n) is 1.38. The number of anilines is 1. The van der Waals surface area contributed by atoms with E-state index in [1.165, 1.54) is 0 Å². The number of halogens is 1. The Labute approximate surface area is 82.9 Å². The van der Waals surface area contributed by atoms with Gasteiger partial charge in [-0.05, 0) is 34.7 Å². The van der Waals surface area contributed by atoms with Crippen molar-refractivity contribution in [2.45, 2.75) is 0 Å². The largest absolute Gasteiger partial charge is 0.366 e. The fourth-order valence-corrected chi connectivity index (χ4v) is 1.55. The monoisotopic (exact) mass is 278 g/mol. The summed E-state index contributed by atoms with van der Waals surface area (Å²) < 4.78 is 0.616. The van der Waals surface area contributed by atoms with Gasteiger partial charge in [-0.2, -0.15) is 0 Å². The molecular formula is C7H7IN2O2. The molecule has 1 amide bonds. The lowest BCUT2D eigenvalue weighted by atomic mass is 10.2. The standard InChI is InChI=1S/C7H7IN2O2/c8-6-4(7(9)11)2-1-3-5(6)10-12/h1-3,10,12H,(H2,9,11). The van der Waals surface area contributed by atoms with Gasteiger partial charge in [-0.1, -0.05) is 6.07 Å².